The molecule has 1 N–H and O–H groups in total. The topological polar surface area (TPSA) is 28.4 Å². The number of nitrogens with one attached hydrogen (secondary N) is 1. The van der Waals surface area contributed by atoms with Crippen molar-refractivity contribution in [3.63, 3.8) is 0 Å². The maximum atomic E-state index is 6.33. The molecule has 4 heteroatoms. The average Bonchev–Trinajstić information content (AvgIpc) is 2.75. The van der Waals surface area contributed by atoms with Crippen LogP contribution in [-0.2, 0) is 13.1 Å². The molecule has 0 amide bonds. The van der Waals surface area contributed by atoms with Gasteiger partial charge < -0.3 is 14.6 Å². The van der Waals surface area contributed by atoms with Gasteiger partial charge in [-0.15, -0.1) is 0 Å². The molecule has 3 nitrogen and oxygen atoms in total. The maximum absolute atomic E-state index is 6.33. The van der Waals surface area contributed by atoms with Crippen molar-refractivity contribution in [2.24, 2.45) is 0 Å². The zero-order chi connectivity index (χ0) is 13.8. The van der Waals surface area contributed by atoms with Crippen LogP contribution in [0.4, 0.5) is 5.69 Å². The van der Waals surface area contributed by atoms with E-state index in [-0.39, 0.29) is 0 Å². The number of rotatable bonds is 5. The third-order valence-corrected chi connectivity index (χ3v) is 3.30. The van der Waals surface area contributed by atoms with E-state index >= 15 is 0 Å². The van der Waals surface area contributed by atoms with Crippen molar-refractivity contribution in [1.82, 2.24) is 5.32 Å². The van der Waals surface area contributed by atoms with Crippen LogP contribution < -0.4 is 10.2 Å². The van der Waals surface area contributed by atoms with Crippen molar-refractivity contribution in [2.75, 3.05) is 19.0 Å². The van der Waals surface area contributed by atoms with Crippen LogP contribution in [0.1, 0.15) is 17.1 Å². The van der Waals surface area contributed by atoms with E-state index in [2.05, 4.69) is 16.3 Å². The van der Waals surface area contributed by atoms with Crippen molar-refractivity contribution < 1.29 is 4.42 Å². The van der Waals surface area contributed by atoms with E-state index in [1.807, 2.05) is 45.3 Å². The standard InChI is InChI=1S/C15H19ClN2O/c1-11-4-6-13(19-11)10-18(3)15-7-5-12(9-17-2)8-14(15)16/h4-8,17H,9-10H2,1-3H3. The summed E-state index contributed by atoms with van der Waals surface area (Å²) in [4.78, 5) is 2.09. The number of halogens is 1. The molecule has 102 valence electrons. The SMILES string of the molecule is CNCc1ccc(N(C)Cc2ccc(C)o2)c(Cl)c1. The number of hydrogen-bond acceptors (Lipinski definition) is 3. The Morgan fingerprint density at radius 3 is 2.63 bits per heavy atom. The normalized spacial score (nSPS) is 10.7. The molecule has 0 saturated heterocycles. The molecular formula is C15H19ClN2O. The summed E-state index contributed by atoms with van der Waals surface area (Å²) < 4.78 is 5.58. The van der Waals surface area contributed by atoms with E-state index in [0.717, 1.165) is 28.8 Å². The molecule has 1 aromatic carbocycles. The first-order chi connectivity index (χ1) is 9.10. The molecule has 1 aromatic heterocycles. The quantitative estimate of drug-likeness (QED) is 0.906. The minimum atomic E-state index is 0.707. The van der Waals surface area contributed by atoms with Crippen molar-refractivity contribution in [2.45, 2.75) is 20.0 Å². The van der Waals surface area contributed by atoms with Crippen LogP contribution in [0, 0.1) is 6.92 Å². The fourth-order valence-corrected chi connectivity index (χ4v) is 2.41. The second-order valence-electron chi connectivity index (χ2n) is 4.68. The minimum Gasteiger partial charge on any atom is -0.464 e. The van der Waals surface area contributed by atoms with Crippen molar-refractivity contribution in [3.05, 3.63) is 52.4 Å². The van der Waals surface area contributed by atoms with Gasteiger partial charge in [-0.25, -0.2) is 0 Å². The van der Waals surface area contributed by atoms with Gasteiger partial charge in [0.05, 0.1) is 17.3 Å². The molecule has 19 heavy (non-hydrogen) atoms. The molecule has 0 aliphatic rings. The first-order valence-electron chi connectivity index (χ1n) is 6.29. The predicted molar refractivity (Wildman–Crippen MR) is 79.8 cm³/mol. The number of nitrogens with zero attached hydrogens (tertiary/aromatic N) is 1. The molecular weight excluding hydrogens is 260 g/mol. The zero-order valence-corrected chi connectivity index (χ0v) is 12.3. The van der Waals surface area contributed by atoms with Crippen molar-refractivity contribution in [1.29, 1.82) is 0 Å². The summed E-state index contributed by atoms with van der Waals surface area (Å²) in [6.07, 6.45) is 0. The van der Waals surface area contributed by atoms with Crippen LogP contribution in [-0.4, -0.2) is 14.1 Å². The van der Waals surface area contributed by atoms with E-state index < -0.39 is 0 Å². The third kappa shape index (κ3) is 3.52. The number of hydrogen-bond donors (Lipinski definition) is 1. The Bertz CT molecular complexity index is 551. The molecule has 0 fully saturated rings. The van der Waals surface area contributed by atoms with Gasteiger partial charge >= 0.3 is 0 Å². The molecule has 1 heterocycles. The molecule has 0 radical (unpaired) electrons. The van der Waals surface area contributed by atoms with Gasteiger partial charge in [0, 0.05) is 13.6 Å². The van der Waals surface area contributed by atoms with Crippen LogP contribution in [0.15, 0.2) is 34.7 Å². The molecule has 0 bridgehead atoms. The van der Waals surface area contributed by atoms with E-state index in [4.69, 9.17) is 16.0 Å². The van der Waals surface area contributed by atoms with Crippen LogP contribution >= 0.6 is 11.6 Å². The second kappa shape index (κ2) is 6.13. The van der Waals surface area contributed by atoms with E-state index in [1.54, 1.807) is 0 Å². The van der Waals surface area contributed by atoms with Gasteiger partial charge in [-0.05, 0) is 43.8 Å². The number of benzene rings is 1. The van der Waals surface area contributed by atoms with Gasteiger partial charge in [0.15, 0.2) is 0 Å². The Labute approximate surface area is 119 Å². The fourth-order valence-electron chi connectivity index (χ4n) is 2.06. The third-order valence-electron chi connectivity index (χ3n) is 2.99. The second-order valence-corrected chi connectivity index (χ2v) is 5.09. The highest BCUT2D eigenvalue weighted by atomic mass is 35.5. The monoisotopic (exact) mass is 278 g/mol. The Balaban J connectivity index is 2.12. The lowest BCUT2D eigenvalue weighted by Crippen LogP contribution is -2.16. The van der Waals surface area contributed by atoms with Gasteiger partial charge in [-0.3, -0.25) is 0 Å². The Kier molecular flexibility index (Phi) is 4.51. The highest BCUT2D eigenvalue weighted by Crippen LogP contribution is 2.27. The largest absolute Gasteiger partial charge is 0.464 e. The Morgan fingerprint density at radius 1 is 1.26 bits per heavy atom. The highest BCUT2D eigenvalue weighted by molar-refractivity contribution is 6.33. The molecule has 0 unspecified atom stereocenters. The summed E-state index contributed by atoms with van der Waals surface area (Å²) in [5, 5.41) is 3.88. The van der Waals surface area contributed by atoms with Crippen molar-refractivity contribution in [3.8, 4) is 0 Å². The molecule has 0 aliphatic carbocycles. The van der Waals surface area contributed by atoms with Gasteiger partial charge in [-0.2, -0.15) is 0 Å². The minimum absolute atomic E-state index is 0.707. The fraction of sp³-hybridized carbons (Fsp3) is 0.333. The average molecular weight is 279 g/mol. The summed E-state index contributed by atoms with van der Waals surface area (Å²) in [6.45, 7) is 3.48. The number of furan rings is 1. The Hall–Kier alpha value is -1.45. The maximum Gasteiger partial charge on any atom is 0.123 e. The first kappa shape index (κ1) is 14.0. The molecule has 0 spiro atoms. The van der Waals surface area contributed by atoms with Crippen LogP contribution in [0.5, 0.6) is 0 Å². The van der Waals surface area contributed by atoms with Gasteiger partial charge in [-0.1, -0.05) is 17.7 Å². The van der Waals surface area contributed by atoms with Crippen LogP contribution in [0.25, 0.3) is 0 Å². The molecule has 0 aliphatic heterocycles. The molecule has 0 saturated carbocycles. The zero-order valence-electron chi connectivity index (χ0n) is 11.5. The van der Waals surface area contributed by atoms with Crippen LogP contribution in [0.2, 0.25) is 5.02 Å². The van der Waals surface area contributed by atoms with E-state index in [9.17, 15) is 0 Å². The molecule has 2 rings (SSSR count). The van der Waals surface area contributed by atoms with Gasteiger partial charge in [0.1, 0.15) is 11.5 Å². The Morgan fingerprint density at radius 2 is 2.05 bits per heavy atom. The summed E-state index contributed by atoms with van der Waals surface area (Å²) in [5.41, 5.74) is 2.19. The number of aryl methyl sites for hydroxylation is 1. The molecule has 2 aromatic rings. The first-order valence-corrected chi connectivity index (χ1v) is 6.67. The lowest BCUT2D eigenvalue weighted by atomic mass is 10.2. The summed E-state index contributed by atoms with van der Waals surface area (Å²) in [6, 6.07) is 10.1. The van der Waals surface area contributed by atoms with Gasteiger partial charge in [0.25, 0.3) is 0 Å². The molecule has 0 atom stereocenters. The smallest absolute Gasteiger partial charge is 0.123 e. The summed E-state index contributed by atoms with van der Waals surface area (Å²) >= 11 is 6.33. The van der Waals surface area contributed by atoms with Gasteiger partial charge in [0.2, 0.25) is 0 Å². The van der Waals surface area contributed by atoms with E-state index in [0.29, 0.717) is 6.54 Å². The lowest BCUT2D eigenvalue weighted by molar-refractivity contribution is 0.482. The van der Waals surface area contributed by atoms with Crippen LogP contribution in [0.3, 0.4) is 0 Å². The van der Waals surface area contributed by atoms with E-state index in [1.165, 1.54) is 5.56 Å². The predicted octanol–water partition coefficient (Wildman–Crippen LogP) is 3.60. The number of anilines is 1. The van der Waals surface area contributed by atoms with Crippen molar-refractivity contribution >= 4 is 17.3 Å². The summed E-state index contributed by atoms with van der Waals surface area (Å²) in [7, 11) is 3.93. The lowest BCUT2D eigenvalue weighted by Gasteiger charge is -2.20. The highest BCUT2D eigenvalue weighted by Gasteiger charge is 2.09. The summed E-state index contributed by atoms with van der Waals surface area (Å²) in [5.74, 6) is 1.87.